The van der Waals surface area contributed by atoms with E-state index in [0.29, 0.717) is 56.6 Å². The molecule has 0 radical (unpaired) electrons. The first-order valence-electron chi connectivity index (χ1n) is 10.3. The van der Waals surface area contributed by atoms with E-state index in [4.69, 9.17) is 9.84 Å². The van der Waals surface area contributed by atoms with Crippen LogP contribution in [0.5, 0.6) is 0 Å². The number of nitrogens with one attached hydrogen (secondary N) is 2. The number of aryl methyl sites for hydroxylation is 2. The van der Waals surface area contributed by atoms with Crippen molar-refractivity contribution in [2.24, 2.45) is 5.92 Å². The lowest BCUT2D eigenvalue weighted by molar-refractivity contribution is -0.128. The lowest BCUT2D eigenvalue weighted by Gasteiger charge is -2.36. The molecule has 0 bridgehead atoms. The number of rotatable bonds is 10. The fraction of sp³-hybridized carbons (Fsp3) is 0.750. The number of aromatic nitrogens is 2. The van der Waals surface area contributed by atoms with Crippen LogP contribution >= 0.6 is 0 Å². The topological polar surface area (TPSA) is 105 Å². The van der Waals surface area contributed by atoms with Gasteiger partial charge in [0.2, 0.25) is 5.91 Å². The second-order valence-electron chi connectivity index (χ2n) is 7.35. The number of hydrogen-bond acceptors (Lipinski definition) is 5. The minimum atomic E-state index is -0.187. The van der Waals surface area contributed by atoms with Crippen molar-refractivity contribution in [2.75, 3.05) is 19.8 Å². The van der Waals surface area contributed by atoms with Crippen LogP contribution in [0.15, 0.2) is 6.20 Å². The van der Waals surface area contributed by atoms with E-state index < -0.39 is 0 Å². The third-order valence-corrected chi connectivity index (χ3v) is 5.16. The van der Waals surface area contributed by atoms with Gasteiger partial charge in [0.25, 0.3) is 5.91 Å². The lowest BCUT2D eigenvalue weighted by atomic mass is 9.83. The van der Waals surface area contributed by atoms with Crippen LogP contribution < -0.4 is 10.6 Å². The van der Waals surface area contributed by atoms with E-state index in [2.05, 4.69) is 15.7 Å². The van der Waals surface area contributed by atoms with Gasteiger partial charge in [-0.15, -0.1) is 0 Å². The Kier molecular flexibility index (Phi) is 8.92. The van der Waals surface area contributed by atoms with Crippen molar-refractivity contribution in [1.82, 2.24) is 20.4 Å². The van der Waals surface area contributed by atoms with Gasteiger partial charge in [0, 0.05) is 38.4 Å². The lowest BCUT2D eigenvalue weighted by Crippen LogP contribution is -2.50. The quantitative estimate of drug-likeness (QED) is 0.520. The van der Waals surface area contributed by atoms with Crippen molar-refractivity contribution in [3.8, 4) is 0 Å². The predicted octanol–water partition coefficient (Wildman–Crippen LogP) is 1.40. The van der Waals surface area contributed by atoms with E-state index in [1.807, 2.05) is 20.8 Å². The molecule has 1 aromatic rings. The minimum Gasteiger partial charge on any atom is -0.396 e. The summed E-state index contributed by atoms with van der Waals surface area (Å²) in [5.41, 5.74) is 1.29. The van der Waals surface area contributed by atoms with Gasteiger partial charge < -0.3 is 20.5 Å². The molecule has 0 unspecified atom stereocenters. The Morgan fingerprint density at radius 3 is 2.79 bits per heavy atom. The molecule has 3 atom stereocenters. The third-order valence-electron chi connectivity index (χ3n) is 5.16. The van der Waals surface area contributed by atoms with Gasteiger partial charge in [0.1, 0.15) is 0 Å². The Hall–Kier alpha value is -1.93. The Morgan fingerprint density at radius 2 is 2.14 bits per heavy atom. The monoisotopic (exact) mass is 394 g/mol. The fourth-order valence-electron chi connectivity index (χ4n) is 3.57. The third kappa shape index (κ3) is 6.04. The first-order chi connectivity index (χ1) is 13.5. The molecule has 8 heteroatoms. The standard InChI is InChI=1S/C20H34N4O4/c1-4-11-28-18-12-15(19(26)21-9-6-10-25)7-8-17(18)22-20(27)16-13-24(5-2)23-14(16)3/h13,15,17-18,25H,4-12H2,1-3H3,(H,21,26)(H,22,27)/t15-,17+,18+/m0/s1. The summed E-state index contributed by atoms with van der Waals surface area (Å²) in [4.78, 5) is 25.1. The predicted molar refractivity (Wildman–Crippen MR) is 106 cm³/mol. The zero-order valence-electron chi connectivity index (χ0n) is 17.2. The largest absolute Gasteiger partial charge is 0.396 e. The van der Waals surface area contributed by atoms with Crippen molar-refractivity contribution < 1.29 is 19.4 Å². The molecule has 1 fully saturated rings. The zero-order chi connectivity index (χ0) is 20.5. The molecule has 1 aliphatic rings. The summed E-state index contributed by atoms with van der Waals surface area (Å²) in [6.07, 6.45) is 5.00. The summed E-state index contributed by atoms with van der Waals surface area (Å²) in [6, 6.07) is -0.120. The van der Waals surface area contributed by atoms with Crippen LogP contribution in [-0.4, -0.2) is 58.6 Å². The number of aliphatic hydroxyl groups excluding tert-OH is 1. The van der Waals surface area contributed by atoms with Gasteiger partial charge in [-0.25, -0.2) is 0 Å². The van der Waals surface area contributed by atoms with Crippen molar-refractivity contribution in [1.29, 1.82) is 0 Å². The average Bonchev–Trinajstić information content (AvgIpc) is 3.08. The summed E-state index contributed by atoms with van der Waals surface area (Å²) in [5, 5.41) is 19.2. The van der Waals surface area contributed by atoms with Crippen molar-refractivity contribution in [2.45, 2.75) is 71.6 Å². The zero-order valence-corrected chi connectivity index (χ0v) is 17.2. The van der Waals surface area contributed by atoms with Crippen LogP contribution in [0.3, 0.4) is 0 Å². The molecule has 1 aromatic heterocycles. The van der Waals surface area contributed by atoms with Gasteiger partial charge in [0.05, 0.1) is 23.4 Å². The maximum absolute atomic E-state index is 12.7. The van der Waals surface area contributed by atoms with Crippen molar-refractivity contribution in [3.63, 3.8) is 0 Å². The summed E-state index contributed by atoms with van der Waals surface area (Å²) in [6.45, 7) is 7.71. The van der Waals surface area contributed by atoms with E-state index >= 15 is 0 Å². The van der Waals surface area contributed by atoms with E-state index in [-0.39, 0.29) is 36.5 Å². The molecule has 1 saturated carbocycles. The summed E-state index contributed by atoms with van der Waals surface area (Å²) in [5.74, 6) is -0.264. The molecule has 8 nitrogen and oxygen atoms in total. The van der Waals surface area contributed by atoms with E-state index in [1.165, 1.54) is 0 Å². The van der Waals surface area contributed by atoms with Crippen molar-refractivity contribution >= 4 is 11.8 Å². The SMILES string of the molecule is CCCO[C@@H]1C[C@@H](C(=O)NCCCO)CC[C@H]1NC(=O)c1cn(CC)nc1C. The van der Waals surface area contributed by atoms with Gasteiger partial charge in [-0.1, -0.05) is 6.92 Å². The molecule has 2 amide bonds. The maximum Gasteiger partial charge on any atom is 0.255 e. The summed E-state index contributed by atoms with van der Waals surface area (Å²) in [7, 11) is 0. The molecule has 1 aliphatic carbocycles. The summed E-state index contributed by atoms with van der Waals surface area (Å²) >= 11 is 0. The highest BCUT2D eigenvalue weighted by molar-refractivity contribution is 5.95. The molecule has 0 saturated heterocycles. The number of amides is 2. The normalized spacial score (nSPS) is 22.1. The Balaban J connectivity index is 1.99. The Bertz CT molecular complexity index is 646. The smallest absolute Gasteiger partial charge is 0.255 e. The molecule has 1 heterocycles. The number of ether oxygens (including phenoxy) is 1. The van der Waals surface area contributed by atoms with Crippen LogP contribution in [0.25, 0.3) is 0 Å². The van der Waals surface area contributed by atoms with Crippen LogP contribution in [0, 0.1) is 12.8 Å². The highest BCUT2D eigenvalue weighted by atomic mass is 16.5. The first kappa shape index (κ1) is 22.4. The average molecular weight is 395 g/mol. The molecular weight excluding hydrogens is 360 g/mol. The number of aliphatic hydroxyl groups is 1. The number of nitrogens with zero attached hydrogens (tertiary/aromatic N) is 2. The molecule has 3 N–H and O–H groups in total. The second kappa shape index (κ2) is 11.2. The molecular formula is C20H34N4O4. The van der Waals surface area contributed by atoms with Crippen LogP contribution in [0.1, 0.15) is 62.0 Å². The number of hydrogen-bond donors (Lipinski definition) is 3. The minimum absolute atomic E-state index is 0.00314. The Labute approximate surface area is 167 Å². The van der Waals surface area contributed by atoms with E-state index in [9.17, 15) is 9.59 Å². The second-order valence-corrected chi connectivity index (χ2v) is 7.35. The molecule has 158 valence electrons. The maximum atomic E-state index is 12.7. The molecule has 0 spiro atoms. The van der Waals surface area contributed by atoms with Gasteiger partial charge in [-0.2, -0.15) is 5.10 Å². The fourth-order valence-corrected chi connectivity index (χ4v) is 3.57. The summed E-state index contributed by atoms with van der Waals surface area (Å²) < 4.78 is 7.74. The van der Waals surface area contributed by atoms with Crippen molar-refractivity contribution in [3.05, 3.63) is 17.5 Å². The molecule has 0 aliphatic heterocycles. The number of carbonyl (C=O) groups is 2. The van der Waals surface area contributed by atoms with Crippen LogP contribution in [-0.2, 0) is 16.1 Å². The van der Waals surface area contributed by atoms with Gasteiger partial charge in [0.15, 0.2) is 0 Å². The van der Waals surface area contributed by atoms with Gasteiger partial charge >= 0.3 is 0 Å². The molecule has 2 rings (SSSR count). The molecule has 28 heavy (non-hydrogen) atoms. The highest BCUT2D eigenvalue weighted by Gasteiger charge is 2.35. The highest BCUT2D eigenvalue weighted by Crippen LogP contribution is 2.28. The van der Waals surface area contributed by atoms with Gasteiger partial charge in [-0.05, 0) is 46.0 Å². The van der Waals surface area contributed by atoms with Gasteiger partial charge in [-0.3, -0.25) is 14.3 Å². The van der Waals surface area contributed by atoms with Crippen LogP contribution in [0.2, 0.25) is 0 Å². The number of carbonyl (C=O) groups excluding carboxylic acids is 2. The Morgan fingerprint density at radius 1 is 1.36 bits per heavy atom. The molecule has 0 aromatic carbocycles. The first-order valence-corrected chi connectivity index (χ1v) is 10.3. The van der Waals surface area contributed by atoms with E-state index in [1.54, 1.807) is 10.9 Å². The van der Waals surface area contributed by atoms with Crippen LogP contribution in [0.4, 0.5) is 0 Å². The van der Waals surface area contributed by atoms with E-state index in [0.717, 1.165) is 6.42 Å².